The number of aryl methyl sites for hydroxylation is 1. The molecule has 0 aliphatic heterocycles. The maximum atomic E-state index is 12.0. The van der Waals surface area contributed by atoms with Crippen molar-refractivity contribution in [2.75, 3.05) is 30.9 Å². The van der Waals surface area contributed by atoms with Crippen LogP contribution in [0.25, 0.3) is 0 Å². The number of amides is 1. The molecular formula is C19H23BrN2O2. The lowest BCUT2D eigenvalue weighted by Gasteiger charge is -2.13. The average molecular weight is 391 g/mol. The Morgan fingerprint density at radius 1 is 1.17 bits per heavy atom. The molecule has 0 saturated heterocycles. The molecule has 0 saturated carbocycles. The summed E-state index contributed by atoms with van der Waals surface area (Å²) in [6.07, 6.45) is 1.10. The summed E-state index contributed by atoms with van der Waals surface area (Å²) in [5.74, 6) is 0.805. The van der Waals surface area contributed by atoms with Crippen LogP contribution in [0.15, 0.2) is 46.9 Å². The highest BCUT2D eigenvalue weighted by Crippen LogP contribution is 2.25. The summed E-state index contributed by atoms with van der Waals surface area (Å²) in [7, 11) is 3.97. The largest absolute Gasteiger partial charge is 0.492 e. The van der Waals surface area contributed by atoms with Crippen molar-refractivity contribution >= 4 is 33.2 Å². The van der Waals surface area contributed by atoms with E-state index in [-0.39, 0.29) is 5.91 Å². The average Bonchev–Trinajstić information content (AvgIpc) is 2.53. The second-order valence-electron chi connectivity index (χ2n) is 5.88. The SMILES string of the molecule is Cc1ccc(OCCCC(=O)Nc2ccc(N(C)C)cc2)c(Br)c1. The number of hydrogen-bond acceptors (Lipinski definition) is 3. The Morgan fingerprint density at radius 3 is 2.50 bits per heavy atom. The highest BCUT2D eigenvalue weighted by molar-refractivity contribution is 9.10. The van der Waals surface area contributed by atoms with Gasteiger partial charge >= 0.3 is 0 Å². The maximum Gasteiger partial charge on any atom is 0.224 e. The van der Waals surface area contributed by atoms with E-state index >= 15 is 0 Å². The summed E-state index contributed by atoms with van der Waals surface area (Å²) in [6.45, 7) is 2.54. The number of ether oxygens (including phenoxy) is 1. The van der Waals surface area contributed by atoms with Gasteiger partial charge in [0.15, 0.2) is 0 Å². The first-order valence-corrected chi connectivity index (χ1v) is 8.71. The minimum absolute atomic E-state index is 0.000764. The van der Waals surface area contributed by atoms with E-state index in [1.54, 1.807) is 0 Å². The van der Waals surface area contributed by atoms with Crippen LogP contribution in [-0.2, 0) is 4.79 Å². The van der Waals surface area contributed by atoms with Crippen LogP contribution >= 0.6 is 15.9 Å². The van der Waals surface area contributed by atoms with Gasteiger partial charge in [0, 0.05) is 31.9 Å². The molecule has 0 unspecified atom stereocenters. The van der Waals surface area contributed by atoms with E-state index in [0.29, 0.717) is 19.4 Å². The van der Waals surface area contributed by atoms with E-state index in [4.69, 9.17) is 4.74 Å². The fourth-order valence-electron chi connectivity index (χ4n) is 2.20. The van der Waals surface area contributed by atoms with E-state index in [9.17, 15) is 4.79 Å². The summed E-state index contributed by atoms with van der Waals surface area (Å²) in [4.78, 5) is 14.0. The summed E-state index contributed by atoms with van der Waals surface area (Å²) in [5, 5.41) is 2.90. The van der Waals surface area contributed by atoms with Gasteiger partial charge in [-0.05, 0) is 71.2 Å². The van der Waals surface area contributed by atoms with Crippen molar-refractivity contribution in [2.24, 2.45) is 0 Å². The predicted octanol–water partition coefficient (Wildman–Crippen LogP) is 4.62. The smallest absolute Gasteiger partial charge is 0.224 e. The molecule has 0 atom stereocenters. The topological polar surface area (TPSA) is 41.6 Å². The van der Waals surface area contributed by atoms with Crippen LogP contribution in [0, 0.1) is 6.92 Å². The highest BCUT2D eigenvalue weighted by Gasteiger charge is 2.05. The fraction of sp³-hybridized carbons (Fsp3) is 0.316. The van der Waals surface area contributed by atoms with Crippen LogP contribution in [0.4, 0.5) is 11.4 Å². The van der Waals surface area contributed by atoms with Gasteiger partial charge in [0.05, 0.1) is 11.1 Å². The Morgan fingerprint density at radius 2 is 1.88 bits per heavy atom. The molecule has 2 rings (SSSR count). The minimum Gasteiger partial charge on any atom is -0.492 e. The van der Waals surface area contributed by atoms with Gasteiger partial charge in [0.25, 0.3) is 0 Å². The number of nitrogens with one attached hydrogen (secondary N) is 1. The molecule has 2 aromatic rings. The molecule has 1 amide bonds. The molecule has 0 radical (unpaired) electrons. The van der Waals surface area contributed by atoms with Crippen molar-refractivity contribution in [3.05, 3.63) is 52.5 Å². The molecule has 0 heterocycles. The molecule has 4 nitrogen and oxygen atoms in total. The Kier molecular flexibility index (Phi) is 6.67. The van der Waals surface area contributed by atoms with Gasteiger partial charge in [-0.1, -0.05) is 6.07 Å². The molecule has 0 bridgehead atoms. The second kappa shape index (κ2) is 8.73. The van der Waals surface area contributed by atoms with E-state index in [1.165, 1.54) is 5.56 Å². The van der Waals surface area contributed by atoms with Crippen molar-refractivity contribution in [1.29, 1.82) is 0 Å². The van der Waals surface area contributed by atoms with Crippen LogP contribution in [0.1, 0.15) is 18.4 Å². The Hall–Kier alpha value is -2.01. The molecule has 0 spiro atoms. The van der Waals surface area contributed by atoms with Crippen molar-refractivity contribution < 1.29 is 9.53 Å². The molecule has 0 fully saturated rings. The Bertz CT molecular complexity index is 684. The number of halogens is 1. The minimum atomic E-state index is -0.000764. The van der Waals surface area contributed by atoms with Crippen LogP contribution < -0.4 is 15.0 Å². The lowest BCUT2D eigenvalue weighted by molar-refractivity contribution is -0.116. The van der Waals surface area contributed by atoms with Crippen LogP contribution in [0.3, 0.4) is 0 Å². The third-order valence-electron chi connectivity index (χ3n) is 3.56. The van der Waals surface area contributed by atoms with Crippen LogP contribution in [0.2, 0.25) is 0 Å². The maximum absolute atomic E-state index is 12.0. The summed E-state index contributed by atoms with van der Waals surface area (Å²) >= 11 is 3.48. The number of nitrogens with zero attached hydrogens (tertiary/aromatic N) is 1. The first-order chi connectivity index (χ1) is 11.5. The lowest BCUT2D eigenvalue weighted by Crippen LogP contribution is -2.13. The fourth-order valence-corrected chi connectivity index (χ4v) is 2.81. The van der Waals surface area contributed by atoms with Gasteiger partial charge < -0.3 is 15.0 Å². The normalized spacial score (nSPS) is 10.3. The quantitative estimate of drug-likeness (QED) is 0.701. The molecule has 128 valence electrons. The van der Waals surface area contributed by atoms with Gasteiger partial charge in [-0.25, -0.2) is 0 Å². The molecular weight excluding hydrogens is 368 g/mol. The van der Waals surface area contributed by atoms with E-state index < -0.39 is 0 Å². The molecule has 2 aromatic carbocycles. The van der Waals surface area contributed by atoms with Crippen LogP contribution in [-0.4, -0.2) is 26.6 Å². The number of anilines is 2. The number of carbonyl (C=O) groups excluding carboxylic acids is 1. The second-order valence-corrected chi connectivity index (χ2v) is 6.73. The first-order valence-electron chi connectivity index (χ1n) is 7.92. The number of hydrogen-bond donors (Lipinski definition) is 1. The van der Waals surface area contributed by atoms with Crippen molar-refractivity contribution in [3.8, 4) is 5.75 Å². The zero-order valence-corrected chi connectivity index (χ0v) is 15.9. The van der Waals surface area contributed by atoms with Crippen LogP contribution in [0.5, 0.6) is 5.75 Å². The van der Waals surface area contributed by atoms with E-state index in [0.717, 1.165) is 21.6 Å². The van der Waals surface area contributed by atoms with E-state index in [2.05, 4.69) is 21.2 Å². The third-order valence-corrected chi connectivity index (χ3v) is 4.18. The lowest BCUT2D eigenvalue weighted by atomic mass is 10.2. The molecule has 0 aliphatic rings. The number of rotatable bonds is 7. The summed E-state index contributed by atoms with van der Waals surface area (Å²) in [5.41, 5.74) is 3.09. The van der Waals surface area contributed by atoms with Gasteiger partial charge in [0.2, 0.25) is 5.91 Å². The van der Waals surface area contributed by atoms with Gasteiger partial charge in [0.1, 0.15) is 5.75 Å². The third kappa shape index (κ3) is 5.57. The van der Waals surface area contributed by atoms with Gasteiger partial charge in [-0.2, -0.15) is 0 Å². The molecule has 1 N–H and O–H groups in total. The molecule has 0 aromatic heterocycles. The molecule has 5 heteroatoms. The zero-order chi connectivity index (χ0) is 17.5. The van der Waals surface area contributed by atoms with Crippen molar-refractivity contribution in [1.82, 2.24) is 0 Å². The summed E-state index contributed by atoms with van der Waals surface area (Å²) in [6, 6.07) is 13.7. The zero-order valence-electron chi connectivity index (χ0n) is 14.3. The molecule has 24 heavy (non-hydrogen) atoms. The number of benzene rings is 2. The van der Waals surface area contributed by atoms with Crippen molar-refractivity contribution in [2.45, 2.75) is 19.8 Å². The number of carbonyl (C=O) groups is 1. The predicted molar refractivity (Wildman–Crippen MR) is 103 cm³/mol. The van der Waals surface area contributed by atoms with Gasteiger partial charge in [-0.15, -0.1) is 0 Å². The highest BCUT2D eigenvalue weighted by atomic mass is 79.9. The molecule has 0 aliphatic carbocycles. The van der Waals surface area contributed by atoms with Crippen molar-refractivity contribution in [3.63, 3.8) is 0 Å². The Balaban J connectivity index is 1.73. The Labute approximate surface area is 151 Å². The monoisotopic (exact) mass is 390 g/mol. The summed E-state index contributed by atoms with van der Waals surface area (Å²) < 4.78 is 6.64. The first kappa shape index (κ1) is 18.3. The standard InChI is InChI=1S/C19H23BrN2O2/c1-14-6-11-18(17(20)13-14)24-12-4-5-19(23)21-15-7-9-16(10-8-15)22(2)3/h6-11,13H,4-5,12H2,1-3H3,(H,21,23). The van der Waals surface area contributed by atoms with E-state index in [1.807, 2.05) is 68.4 Å². The van der Waals surface area contributed by atoms with Gasteiger partial charge in [-0.3, -0.25) is 4.79 Å².